The smallest absolute Gasteiger partial charge is 0.306 e. The summed E-state index contributed by atoms with van der Waals surface area (Å²) in [6, 6.07) is 0. The molecular weight excluding hydrogens is 204 g/mol. The molecule has 0 bridgehead atoms. The van der Waals surface area contributed by atoms with Crippen molar-refractivity contribution in [2.24, 2.45) is 5.92 Å². The number of Topliss-reactive ketones (excluding diaryl/α,β-unsaturated/α-hetero) is 1. The Morgan fingerprint density at radius 2 is 2.31 bits per heavy atom. The van der Waals surface area contributed by atoms with E-state index >= 15 is 0 Å². The van der Waals surface area contributed by atoms with Crippen LogP contribution in [-0.4, -0.2) is 18.9 Å². The molecule has 0 unspecified atom stereocenters. The molecule has 1 atom stereocenters. The van der Waals surface area contributed by atoms with Crippen molar-refractivity contribution in [1.82, 2.24) is 0 Å². The van der Waals surface area contributed by atoms with Crippen LogP contribution in [-0.2, 0) is 14.3 Å². The van der Waals surface area contributed by atoms with Crippen LogP contribution in [0, 0.1) is 5.92 Å². The number of hydrogen-bond acceptors (Lipinski definition) is 3. The molecule has 0 heterocycles. The van der Waals surface area contributed by atoms with Gasteiger partial charge >= 0.3 is 5.97 Å². The standard InChI is InChI=1S/C13H20O3/c1-3-4-5-6-11-10(7-8-12(11)14)9-13(15)16-2/h6,10H,3-5,7-9H2,1-2H3/t10-/m0/s1. The van der Waals surface area contributed by atoms with E-state index < -0.39 is 0 Å². The second-order valence-electron chi connectivity index (χ2n) is 4.24. The van der Waals surface area contributed by atoms with E-state index in [1.54, 1.807) is 0 Å². The summed E-state index contributed by atoms with van der Waals surface area (Å²) in [4.78, 5) is 22.8. The third-order valence-corrected chi connectivity index (χ3v) is 3.04. The minimum atomic E-state index is -0.221. The molecule has 0 aromatic carbocycles. The lowest BCUT2D eigenvalue weighted by Crippen LogP contribution is -2.10. The van der Waals surface area contributed by atoms with E-state index in [1.807, 2.05) is 6.08 Å². The Balaban J connectivity index is 2.58. The molecule has 1 rings (SSSR count). The minimum Gasteiger partial charge on any atom is -0.469 e. The van der Waals surface area contributed by atoms with Crippen LogP contribution in [0.3, 0.4) is 0 Å². The summed E-state index contributed by atoms with van der Waals surface area (Å²) >= 11 is 0. The number of carbonyl (C=O) groups excluding carboxylic acids is 2. The first-order valence-corrected chi connectivity index (χ1v) is 5.99. The molecule has 0 aromatic heterocycles. The van der Waals surface area contributed by atoms with Gasteiger partial charge in [0.15, 0.2) is 5.78 Å². The maximum absolute atomic E-state index is 11.6. The molecule has 0 aromatic rings. The predicted octanol–water partition coefficient (Wildman–Crippen LogP) is 2.65. The maximum atomic E-state index is 11.6. The van der Waals surface area contributed by atoms with Gasteiger partial charge in [-0.15, -0.1) is 0 Å². The lowest BCUT2D eigenvalue weighted by Gasteiger charge is -2.09. The van der Waals surface area contributed by atoms with Gasteiger partial charge in [0.25, 0.3) is 0 Å². The predicted molar refractivity (Wildman–Crippen MR) is 62.0 cm³/mol. The topological polar surface area (TPSA) is 43.4 Å². The monoisotopic (exact) mass is 224 g/mol. The molecular formula is C13H20O3. The molecule has 0 amide bonds. The minimum absolute atomic E-state index is 0.0943. The lowest BCUT2D eigenvalue weighted by atomic mass is 9.97. The first-order valence-electron chi connectivity index (χ1n) is 5.99. The van der Waals surface area contributed by atoms with Crippen molar-refractivity contribution in [2.75, 3.05) is 7.11 Å². The maximum Gasteiger partial charge on any atom is 0.306 e. The highest BCUT2D eigenvalue weighted by Gasteiger charge is 2.29. The molecule has 90 valence electrons. The van der Waals surface area contributed by atoms with Crippen LogP contribution in [0.15, 0.2) is 11.6 Å². The molecule has 0 aliphatic heterocycles. The second-order valence-corrected chi connectivity index (χ2v) is 4.24. The lowest BCUT2D eigenvalue weighted by molar-refractivity contribution is -0.141. The highest BCUT2D eigenvalue weighted by molar-refractivity contribution is 5.98. The van der Waals surface area contributed by atoms with Crippen molar-refractivity contribution in [3.8, 4) is 0 Å². The Hall–Kier alpha value is -1.12. The third kappa shape index (κ3) is 3.47. The van der Waals surface area contributed by atoms with Crippen molar-refractivity contribution >= 4 is 11.8 Å². The Morgan fingerprint density at radius 1 is 1.56 bits per heavy atom. The van der Waals surface area contributed by atoms with Gasteiger partial charge in [-0.25, -0.2) is 0 Å². The van der Waals surface area contributed by atoms with Crippen LogP contribution >= 0.6 is 0 Å². The first kappa shape index (κ1) is 12.9. The fourth-order valence-electron chi connectivity index (χ4n) is 2.07. The molecule has 3 nitrogen and oxygen atoms in total. The number of esters is 1. The molecule has 0 saturated heterocycles. The number of methoxy groups -OCH3 is 1. The molecule has 1 saturated carbocycles. The van der Waals surface area contributed by atoms with Crippen LogP contribution in [0.4, 0.5) is 0 Å². The van der Waals surface area contributed by atoms with Crippen LogP contribution in [0.5, 0.6) is 0 Å². The highest BCUT2D eigenvalue weighted by Crippen LogP contribution is 2.31. The Morgan fingerprint density at radius 3 is 2.94 bits per heavy atom. The number of rotatable bonds is 5. The van der Waals surface area contributed by atoms with Crippen LogP contribution < -0.4 is 0 Å². The van der Waals surface area contributed by atoms with Gasteiger partial charge in [0.05, 0.1) is 13.5 Å². The van der Waals surface area contributed by atoms with Crippen molar-refractivity contribution < 1.29 is 14.3 Å². The van der Waals surface area contributed by atoms with Crippen molar-refractivity contribution in [3.05, 3.63) is 11.6 Å². The van der Waals surface area contributed by atoms with E-state index in [9.17, 15) is 9.59 Å². The van der Waals surface area contributed by atoms with E-state index in [-0.39, 0.29) is 17.7 Å². The molecule has 1 aliphatic carbocycles. The quantitative estimate of drug-likeness (QED) is 0.409. The molecule has 1 fully saturated rings. The zero-order valence-corrected chi connectivity index (χ0v) is 10.1. The fraction of sp³-hybridized carbons (Fsp3) is 0.692. The average Bonchev–Trinajstić information content (AvgIpc) is 2.61. The molecule has 0 spiro atoms. The van der Waals surface area contributed by atoms with Gasteiger partial charge < -0.3 is 4.74 Å². The van der Waals surface area contributed by atoms with Gasteiger partial charge in [-0.1, -0.05) is 25.8 Å². The molecule has 0 radical (unpaired) electrons. The van der Waals surface area contributed by atoms with Gasteiger partial charge in [-0.3, -0.25) is 9.59 Å². The normalized spacial score (nSPS) is 22.8. The zero-order valence-electron chi connectivity index (χ0n) is 10.1. The first-order chi connectivity index (χ1) is 7.69. The van der Waals surface area contributed by atoms with E-state index in [2.05, 4.69) is 11.7 Å². The summed E-state index contributed by atoms with van der Waals surface area (Å²) in [5.41, 5.74) is 0.860. The number of hydrogen-bond donors (Lipinski definition) is 0. The second kappa shape index (κ2) is 6.46. The molecule has 1 aliphatic rings. The van der Waals surface area contributed by atoms with Crippen molar-refractivity contribution in [2.45, 2.75) is 45.4 Å². The van der Waals surface area contributed by atoms with Gasteiger partial charge in [-0.2, -0.15) is 0 Å². The average molecular weight is 224 g/mol. The van der Waals surface area contributed by atoms with E-state index in [0.717, 1.165) is 31.3 Å². The van der Waals surface area contributed by atoms with E-state index in [4.69, 9.17) is 0 Å². The van der Waals surface area contributed by atoms with Crippen molar-refractivity contribution in [3.63, 3.8) is 0 Å². The summed E-state index contributed by atoms with van der Waals surface area (Å²) in [6.45, 7) is 2.13. The number of unbranched alkanes of at least 4 members (excludes halogenated alkanes) is 2. The third-order valence-electron chi connectivity index (χ3n) is 3.04. The van der Waals surface area contributed by atoms with Gasteiger partial charge in [0, 0.05) is 6.42 Å². The number of ketones is 1. The van der Waals surface area contributed by atoms with Gasteiger partial charge in [-0.05, 0) is 24.3 Å². The largest absolute Gasteiger partial charge is 0.469 e. The van der Waals surface area contributed by atoms with Crippen LogP contribution in [0.2, 0.25) is 0 Å². The Kier molecular flexibility index (Phi) is 5.23. The zero-order chi connectivity index (χ0) is 12.0. The van der Waals surface area contributed by atoms with Crippen LogP contribution in [0.25, 0.3) is 0 Å². The summed E-state index contributed by atoms with van der Waals surface area (Å²) in [5.74, 6) is 0.0860. The number of carbonyl (C=O) groups is 2. The van der Waals surface area contributed by atoms with Gasteiger partial charge in [0.2, 0.25) is 0 Å². The Labute approximate surface area is 96.9 Å². The summed E-state index contributed by atoms with van der Waals surface area (Å²) in [7, 11) is 1.39. The molecule has 3 heteroatoms. The van der Waals surface area contributed by atoms with E-state index in [0.29, 0.717) is 12.8 Å². The van der Waals surface area contributed by atoms with Crippen molar-refractivity contribution in [1.29, 1.82) is 0 Å². The number of allylic oxidation sites excluding steroid dienone is 2. The van der Waals surface area contributed by atoms with Gasteiger partial charge in [0.1, 0.15) is 0 Å². The Bertz CT molecular complexity index is 292. The number of ether oxygens (including phenoxy) is 1. The summed E-state index contributed by atoms with van der Waals surface area (Å²) in [6.07, 6.45) is 6.91. The molecule has 16 heavy (non-hydrogen) atoms. The van der Waals surface area contributed by atoms with E-state index in [1.165, 1.54) is 7.11 Å². The summed E-state index contributed by atoms with van der Waals surface area (Å²) < 4.78 is 4.64. The fourth-order valence-corrected chi connectivity index (χ4v) is 2.07. The summed E-state index contributed by atoms with van der Waals surface area (Å²) in [5, 5.41) is 0. The van der Waals surface area contributed by atoms with Crippen LogP contribution in [0.1, 0.15) is 45.4 Å². The molecule has 0 N–H and O–H groups in total. The SMILES string of the molecule is CCCCC=C1C(=O)CC[C@H]1CC(=O)OC. The highest BCUT2D eigenvalue weighted by atomic mass is 16.5.